The summed E-state index contributed by atoms with van der Waals surface area (Å²) in [6.07, 6.45) is 0.943. The van der Waals surface area contributed by atoms with Crippen molar-refractivity contribution in [2.75, 3.05) is 66.8 Å². The zero-order valence-corrected chi connectivity index (χ0v) is 30.6. The molecule has 0 spiro atoms. The molecule has 0 saturated heterocycles. The molecule has 0 fully saturated rings. The van der Waals surface area contributed by atoms with E-state index in [0.717, 1.165) is 9.80 Å². The van der Waals surface area contributed by atoms with Crippen molar-refractivity contribution in [2.45, 2.75) is 20.3 Å². The first-order valence-corrected chi connectivity index (χ1v) is 14.0. The molecule has 0 aliphatic rings. The molecule has 0 aromatic rings. The highest BCUT2D eigenvalue weighted by atomic mass is 35.5. The van der Waals surface area contributed by atoms with Gasteiger partial charge >= 0.3 is 23.9 Å². The lowest BCUT2D eigenvalue weighted by Gasteiger charge is -2.14. The summed E-state index contributed by atoms with van der Waals surface area (Å²) >= 11 is 0. The molecule has 27 heteroatoms. The Hall–Kier alpha value is -4.26. The average molecular weight is 786 g/mol. The highest BCUT2D eigenvalue weighted by molar-refractivity contribution is 7.85. The number of carbonyl (C=O) groups is 4. The topological polar surface area (TPSA) is 405 Å². The molecule has 288 valence electrons. The van der Waals surface area contributed by atoms with Gasteiger partial charge in [-0.1, -0.05) is 0 Å². The zero-order valence-electron chi connectivity index (χ0n) is 27.4. The molecule has 23 nitrogen and oxygen atoms in total. The number of carbonyl (C=O) groups excluding carboxylic acids is 2. The van der Waals surface area contributed by atoms with Gasteiger partial charge < -0.3 is 63.1 Å². The zero-order chi connectivity index (χ0) is 36.9. The van der Waals surface area contributed by atoms with Crippen LogP contribution in [0.1, 0.15) is 20.3 Å². The van der Waals surface area contributed by atoms with Crippen LogP contribution in [0.2, 0.25) is 0 Å². The normalized spacial score (nSPS) is 8.48. The van der Waals surface area contributed by atoms with Gasteiger partial charge in [-0.2, -0.15) is 8.42 Å². The predicted molar refractivity (Wildman–Crippen MR) is 187 cm³/mol. The number of esters is 2. The Morgan fingerprint density at radius 1 is 0.688 bits per heavy atom. The third-order valence-corrected chi connectivity index (χ3v) is 3.57. The molecule has 0 heterocycles. The smallest absolute Gasteiger partial charge is 0.325 e. The summed E-state index contributed by atoms with van der Waals surface area (Å²) in [7, 11) is 0.770. The minimum atomic E-state index is -3.67. The second-order valence-electron chi connectivity index (χ2n) is 7.91. The van der Waals surface area contributed by atoms with Crippen LogP contribution in [0.5, 0.6) is 0 Å². The number of carboxylic acids is 2. The highest BCUT2D eigenvalue weighted by Gasteiger charge is 2.07. The fourth-order valence-corrected chi connectivity index (χ4v) is 1.57. The molecular formula is C21H51Cl3N12O11S. The molecule has 0 aliphatic carbocycles. The predicted octanol–water partition coefficient (Wildman–Crippen LogP) is -2.85. The van der Waals surface area contributed by atoms with Crippen molar-refractivity contribution in [1.29, 1.82) is 16.2 Å². The first kappa shape index (κ1) is 62.6. The highest BCUT2D eigenvalue weighted by Crippen LogP contribution is 1.86. The molecule has 0 saturated carbocycles. The molecule has 0 aromatic heterocycles. The summed E-state index contributed by atoms with van der Waals surface area (Å²) < 4.78 is 35.1. The van der Waals surface area contributed by atoms with E-state index in [1.54, 1.807) is 20.9 Å². The summed E-state index contributed by atoms with van der Waals surface area (Å²) in [5.74, 6) is -3.26. The van der Waals surface area contributed by atoms with E-state index in [1.807, 2.05) is 0 Å². The number of nitrogens with one attached hydrogen (secondary N) is 3. The van der Waals surface area contributed by atoms with Crippen molar-refractivity contribution >= 4 is 95.1 Å². The third kappa shape index (κ3) is 68.8. The Morgan fingerprint density at radius 2 is 0.958 bits per heavy atom. The van der Waals surface area contributed by atoms with Gasteiger partial charge in [0.2, 0.25) is 0 Å². The molecular weight excluding hydrogens is 735 g/mol. The van der Waals surface area contributed by atoms with Gasteiger partial charge in [-0.15, -0.1) is 37.2 Å². The number of carboxylic acid groups (broad SMARTS) is 2. The lowest BCUT2D eigenvalue weighted by molar-refractivity contribution is -0.144. The Labute approximate surface area is 298 Å². The summed E-state index contributed by atoms with van der Waals surface area (Å²) in [6, 6.07) is 0. The minimum Gasteiger partial charge on any atom is -0.480 e. The Morgan fingerprint density at radius 3 is 1.17 bits per heavy atom. The number of nitrogens with two attached hydrogens (primary N) is 5. The number of rotatable bonds is 11. The monoisotopic (exact) mass is 784 g/mol. The minimum absolute atomic E-state index is 0. The maximum atomic E-state index is 10.7. The number of hydrogen-bond donors (Lipinski definition) is 11. The van der Waals surface area contributed by atoms with E-state index in [2.05, 4.69) is 14.5 Å². The lowest BCUT2D eigenvalue weighted by Crippen LogP contribution is -2.37. The number of nitrogens with zero attached hydrogens (tertiary/aromatic N) is 4. The second-order valence-corrected chi connectivity index (χ2v) is 9.38. The summed E-state index contributed by atoms with van der Waals surface area (Å²) in [5.41, 5.74) is 25.0. The van der Waals surface area contributed by atoms with E-state index in [1.165, 1.54) is 19.0 Å². The first-order chi connectivity index (χ1) is 20.3. The van der Waals surface area contributed by atoms with Gasteiger partial charge in [-0.3, -0.25) is 45.0 Å². The SMILES string of the molecule is CCOC(=O)CCN=C(N)N.CCOC(=O)CN(C)C(=N)N.CN(CC(=O)O)C(=N)N.CN(CC(=O)O)C(=N)N.CS(=O)(=O)O.Cl.Cl.Cl. The molecule has 0 unspecified atom stereocenters. The van der Waals surface area contributed by atoms with Crippen LogP contribution in [0.4, 0.5) is 0 Å². The van der Waals surface area contributed by atoms with Crippen LogP contribution in [0.25, 0.3) is 0 Å². The van der Waals surface area contributed by atoms with Gasteiger partial charge in [-0.05, 0) is 13.8 Å². The van der Waals surface area contributed by atoms with Gasteiger partial charge in [0.15, 0.2) is 23.8 Å². The standard InChI is InChI=1S/2C6H13N3O2.2C4H9N3O2.CH4O3S.3ClH/c1-3-11-5(10)4-9(2)6(7)8;1-2-11-5(10)3-4-9-6(7)8;2*1-7(4(5)6)2-3(8)9;1-5(2,3)4;;;/h3-4H2,1-2H3,(H3,7,8);2-4H2,1H3,(H4,7,8,9);2*2H2,1H3,(H3,5,6)(H,8,9);1H3,(H,2,3,4);3*1H. The first-order valence-electron chi connectivity index (χ1n) is 12.2. The Bertz CT molecular complexity index is 1040. The van der Waals surface area contributed by atoms with Crippen molar-refractivity contribution < 1.29 is 51.8 Å². The van der Waals surface area contributed by atoms with E-state index in [-0.39, 0.29) is 99.1 Å². The average Bonchev–Trinajstić information content (AvgIpc) is 2.83. The molecule has 0 atom stereocenters. The van der Waals surface area contributed by atoms with Crippen LogP contribution in [-0.2, 0) is 38.8 Å². The molecule has 0 aromatic carbocycles. The van der Waals surface area contributed by atoms with Crippen LogP contribution >= 0.6 is 37.2 Å². The summed E-state index contributed by atoms with van der Waals surface area (Å²) in [4.78, 5) is 48.4. The maximum Gasteiger partial charge on any atom is 0.325 e. The number of aliphatic imine (C=N–C) groups is 1. The molecule has 16 N–H and O–H groups in total. The molecule has 0 bridgehead atoms. The van der Waals surface area contributed by atoms with Gasteiger partial charge in [0.25, 0.3) is 10.1 Å². The van der Waals surface area contributed by atoms with E-state index >= 15 is 0 Å². The second kappa shape index (κ2) is 37.2. The van der Waals surface area contributed by atoms with Crippen LogP contribution in [-0.4, -0.2) is 152 Å². The Kier molecular flexibility index (Phi) is 48.5. The molecule has 0 amide bonds. The van der Waals surface area contributed by atoms with Crippen molar-refractivity contribution in [3.8, 4) is 0 Å². The number of ether oxygens (including phenoxy) is 2. The lowest BCUT2D eigenvalue weighted by atomic mass is 10.4. The van der Waals surface area contributed by atoms with Gasteiger partial charge in [-0.25, -0.2) is 0 Å². The van der Waals surface area contributed by atoms with Gasteiger partial charge in [0.1, 0.15) is 19.6 Å². The molecule has 0 rings (SSSR count). The van der Waals surface area contributed by atoms with Crippen LogP contribution in [0.3, 0.4) is 0 Å². The van der Waals surface area contributed by atoms with Crippen molar-refractivity contribution in [3.05, 3.63) is 0 Å². The van der Waals surface area contributed by atoms with Crippen molar-refractivity contribution in [1.82, 2.24) is 14.7 Å². The number of likely N-dealkylation sites (N-methyl/N-ethyl adjacent to an activating group) is 3. The van der Waals surface area contributed by atoms with Gasteiger partial charge in [0, 0.05) is 21.1 Å². The summed E-state index contributed by atoms with van der Waals surface area (Å²) in [5, 5.41) is 36.7. The van der Waals surface area contributed by atoms with Crippen LogP contribution < -0.4 is 28.7 Å². The van der Waals surface area contributed by atoms with E-state index < -0.39 is 22.1 Å². The van der Waals surface area contributed by atoms with Crippen molar-refractivity contribution in [2.24, 2.45) is 33.7 Å². The Balaban J connectivity index is -0.0000000696. The third-order valence-electron chi connectivity index (χ3n) is 3.57. The molecule has 0 radical (unpaired) electrons. The van der Waals surface area contributed by atoms with E-state index in [4.69, 9.17) is 59.7 Å². The largest absolute Gasteiger partial charge is 0.480 e. The summed E-state index contributed by atoms with van der Waals surface area (Å²) in [6.45, 7) is 4.09. The number of guanidine groups is 4. The quantitative estimate of drug-likeness (QED) is 0.0434. The maximum absolute atomic E-state index is 10.7. The number of aliphatic carboxylic acids is 2. The van der Waals surface area contributed by atoms with E-state index in [0.29, 0.717) is 26.0 Å². The van der Waals surface area contributed by atoms with Crippen LogP contribution in [0.15, 0.2) is 4.99 Å². The number of hydrogen-bond acceptors (Lipinski definition) is 12. The molecule has 0 aliphatic heterocycles. The number of halogens is 3. The van der Waals surface area contributed by atoms with Crippen molar-refractivity contribution in [3.63, 3.8) is 0 Å². The van der Waals surface area contributed by atoms with E-state index in [9.17, 15) is 27.6 Å². The molecule has 48 heavy (non-hydrogen) atoms. The van der Waals surface area contributed by atoms with Crippen LogP contribution in [0, 0.1) is 16.2 Å². The van der Waals surface area contributed by atoms with Gasteiger partial charge in [0.05, 0.1) is 32.4 Å². The fourth-order valence-electron chi connectivity index (χ4n) is 1.57. The fraction of sp³-hybridized carbons (Fsp3) is 0.619.